The number of alkyl halides is 3. The Hall–Kier alpha value is -3.35. The Morgan fingerprint density at radius 3 is 2.52 bits per heavy atom. The summed E-state index contributed by atoms with van der Waals surface area (Å²) in [5.41, 5.74) is 1.16. The zero-order valence-electron chi connectivity index (χ0n) is 14.3. The molecule has 0 unspecified atom stereocenters. The van der Waals surface area contributed by atoms with Crippen LogP contribution in [0.25, 0.3) is 0 Å². The van der Waals surface area contributed by atoms with Gasteiger partial charge < -0.3 is 10.6 Å². The van der Waals surface area contributed by atoms with E-state index in [1.807, 2.05) is 13.0 Å². The Morgan fingerprint density at radius 1 is 1.00 bits per heavy atom. The fourth-order valence-electron chi connectivity index (χ4n) is 2.45. The van der Waals surface area contributed by atoms with Crippen LogP contribution in [-0.2, 0) is 6.18 Å². The standard InChI is InChI=1S/C20H16F3N3O/c1-13-8-9-14(11-17(13)26-18-7-2-3-10-24-18)19(27)25-16-6-4-5-15(12-16)20(21,22)23/h2-12H,1H3,(H,24,26)(H,25,27). The summed E-state index contributed by atoms with van der Waals surface area (Å²) in [6, 6.07) is 14.9. The first kappa shape index (κ1) is 18.4. The van der Waals surface area contributed by atoms with E-state index in [0.29, 0.717) is 17.1 Å². The topological polar surface area (TPSA) is 54.0 Å². The third-order valence-corrected chi connectivity index (χ3v) is 3.88. The number of rotatable bonds is 4. The number of carbonyl (C=O) groups is 1. The van der Waals surface area contributed by atoms with Crippen molar-refractivity contribution in [3.8, 4) is 0 Å². The van der Waals surface area contributed by atoms with Gasteiger partial charge in [-0.3, -0.25) is 4.79 Å². The molecule has 4 nitrogen and oxygen atoms in total. The summed E-state index contributed by atoms with van der Waals surface area (Å²) in [7, 11) is 0. The van der Waals surface area contributed by atoms with Gasteiger partial charge in [-0.25, -0.2) is 4.98 Å². The highest BCUT2D eigenvalue weighted by molar-refractivity contribution is 6.05. The third kappa shape index (κ3) is 4.63. The normalized spacial score (nSPS) is 11.1. The molecule has 0 aliphatic carbocycles. The van der Waals surface area contributed by atoms with E-state index in [4.69, 9.17) is 0 Å². The molecule has 0 saturated carbocycles. The van der Waals surface area contributed by atoms with Crippen LogP contribution in [0.4, 0.5) is 30.4 Å². The van der Waals surface area contributed by atoms with Gasteiger partial charge in [-0.05, 0) is 55.0 Å². The summed E-state index contributed by atoms with van der Waals surface area (Å²) in [4.78, 5) is 16.6. The van der Waals surface area contributed by atoms with E-state index in [2.05, 4.69) is 15.6 Å². The summed E-state index contributed by atoms with van der Waals surface area (Å²) in [6.07, 6.45) is -2.83. The largest absolute Gasteiger partial charge is 0.416 e. The van der Waals surface area contributed by atoms with Crippen LogP contribution in [0.15, 0.2) is 66.9 Å². The van der Waals surface area contributed by atoms with Crippen LogP contribution < -0.4 is 10.6 Å². The van der Waals surface area contributed by atoms with Crippen LogP contribution in [0, 0.1) is 6.92 Å². The predicted octanol–water partition coefficient (Wildman–Crippen LogP) is 5.40. The molecule has 0 aliphatic heterocycles. The van der Waals surface area contributed by atoms with Crippen LogP contribution >= 0.6 is 0 Å². The fourth-order valence-corrected chi connectivity index (χ4v) is 2.45. The number of hydrogen-bond donors (Lipinski definition) is 2. The van der Waals surface area contributed by atoms with E-state index >= 15 is 0 Å². The van der Waals surface area contributed by atoms with Gasteiger partial charge >= 0.3 is 6.18 Å². The van der Waals surface area contributed by atoms with E-state index in [9.17, 15) is 18.0 Å². The number of anilines is 3. The van der Waals surface area contributed by atoms with Crippen molar-refractivity contribution >= 4 is 23.1 Å². The molecule has 0 saturated heterocycles. The quantitative estimate of drug-likeness (QED) is 0.645. The van der Waals surface area contributed by atoms with Crippen LogP contribution in [0.3, 0.4) is 0 Å². The Bertz CT molecular complexity index is 956. The predicted molar refractivity (Wildman–Crippen MR) is 98.1 cm³/mol. The number of pyridine rings is 1. The van der Waals surface area contributed by atoms with Crippen molar-refractivity contribution in [2.75, 3.05) is 10.6 Å². The summed E-state index contributed by atoms with van der Waals surface area (Å²) < 4.78 is 38.4. The molecule has 0 aliphatic rings. The zero-order chi connectivity index (χ0) is 19.4. The van der Waals surface area contributed by atoms with Crippen LogP contribution in [0.5, 0.6) is 0 Å². The molecule has 138 valence electrons. The van der Waals surface area contributed by atoms with E-state index in [1.165, 1.54) is 12.1 Å². The maximum Gasteiger partial charge on any atom is 0.416 e. The Morgan fingerprint density at radius 2 is 1.81 bits per heavy atom. The monoisotopic (exact) mass is 371 g/mol. The molecule has 0 radical (unpaired) electrons. The van der Waals surface area contributed by atoms with Gasteiger partial charge in [0.15, 0.2) is 0 Å². The van der Waals surface area contributed by atoms with Crippen molar-refractivity contribution in [2.45, 2.75) is 13.1 Å². The van der Waals surface area contributed by atoms with Crippen LogP contribution in [0.2, 0.25) is 0 Å². The summed E-state index contributed by atoms with van der Waals surface area (Å²) in [5, 5.41) is 5.62. The second-order valence-electron chi connectivity index (χ2n) is 5.90. The molecule has 3 aromatic rings. The molecule has 3 rings (SSSR count). The number of aromatic nitrogens is 1. The molecule has 27 heavy (non-hydrogen) atoms. The molecule has 1 amide bonds. The molecule has 2 N–H and O–H groups in total. The fraction of sp³-hybridized carbons (Fsp3) is 0.100. The molecular weight excluding hydrogens is 355 g/mol. The molecule has 0 spiro atoms. The highest BCUT2D eigenvalue weighted by atomic mass is 19.4. The maximum absolute atomic E-state index is 12.8. The van der Waals surface area contributed by atoms with Gasteiger partial charge in [0, 0.05) is 23.1 Å². The molecule has 1 aromatic heterocycles. The minimum absolute atomic E-state index is 0.0784. The van der Waals surface area contributed by atoms with Gasteiger partial charge in [-0.15, -0.1) is 0 Å². The highest BCUT2D eigenvalue weighted by Crippen LogP contribution is 2.31. The summed E-state index contributed by atoms with van der Waals surface area (Å²) >= 11 is 0. The Labute approximate surface area is 154 Å². The minimum Gasteiger partial charge on any atom is -0.340 e. The molecule has 0 atom stereocenters. The molecule has 7 heteroatoms. The second-order valence-corrected chi connectivity index (χ2v) is 5.90. The highest BCUT2D eigenvalue weighted by Gasteiger charge is 2.30. The van der Waals surface area contributed by atoms with Gasteiger partial charge in [0.1, 0.15) is 5.82 Å². The number of hydrogen-bond acceptors (Lipinski definition) is 3. The van der Waals surface area contributed by atoms with Gasteiger partial charge in [0.25, 0.3) is 5.91 Å². The Balaban J connectivity index is 1.80. The lowest BCUT2D eigenvalue weighted by Crippen LogP contribution is -2.13. The first-order chi connectivity index (χ1) is 12.8. The van der Waals surface area contributed by atoms with E-state index in [1.54, 1.807) is 36.5 Å². The first-order valence-corrected chi connectivity index (χ1v) is 8.10. The van der Waals surface area contributed by atoms with E-state index in [-0.39, 0.29) is 5.69 Å². The number of nitrogens with zero attached hydrogens (tertiary/aromatic N) is 1. The van der Waals surface area contributed by atoms with Crippen molar-refractivity contribution < 1.29 is 18.0 Å². The smallest absolute Gasteiger partial charge is 0.340 e. The second kappa shape index (κ2) is 7.49. The SMILES string of the molecule is Cc1ccc(C(=O)Nc2cccc(C(F)(F)F)c2)cc1Nc1ccccn1. The summed E-state index contributed by atoms with van der Waals surface area (Å²) in [6.45, 7) is 1.87. The van der Waals surface area contributed by atoms with Gasteiger partial charge in [0.05, 0.1) is 5.56 Å². The van der Waals surface area contributed by atoms with Crippen LogP contribution in [-0.4, -0.2) is 10.9 Å². The molecule has 0 bridgehead atoms. The van der Waals surface area contributed by atoms with Gasteiger partial charge in [-0.2, -0.15) is 13.2 Å². The van der Waals surface area contributed by atoms with Gasteiger partial charge in [-0.1, -0.05) is 18.2 Å². The van der Waals surface area contributed by atoms with Crippen molar-refractivity contribution in [3.05, 3.63) is 83.6 Å². The van der Waals surface area contributed by atoms with E-state index in [0.717, 1.165) is 17.7 Å². The first-order valence-electron chi connectivity index (χ1n) is 8.10. The molecular formula is C20H16F3N3O. The Kier molecular flexibility index (Phi) is 5.12. The average molecular weight is 371 g/mol. The number of benzene rings is 2. The lowest BCUT2D eigenvalue weighted by atomic mass is 10.1. The van der Waals surface area contributed by atoms with E-state index < -0.39 is 17.6 Å². The number of amides is 1. The third-order valence-electron chi connectivity index (χ3n) is 3.88. The lowest BCUT2D eigenvalue weighted by molar-refractivity contribution is -0.137. The maximum atomic E-state index is 12.8. The summed E-state index contributed by atoms with van der Waals surface area (Å²) in [5.74, 6) is 0.120. The molecule has 1 heterocycles. The molecule has 0 fully saturated rings. The molecule has 2 aromatic carbocycles. The van der Waals surface area contributed by atoms with Crippen molar-refractivity contribution in [2.24, 2.45) is 0 Å². The van der Waals surface area contributed by atoms with Crippen molar-refractivity contribution in [1.82, 2.24) is 4.98 Å². The number of nitrogens with one attached hydrogen (secondary N) is 2. The van der Waals surface area contributed by atoms with Crippen molar-refractivity contribution in [1.29, 1.82) is 0 Å². The number of halogens is 3. The van der Waals surface area contributed by atoms with Crippen LogP contribution in [0.1, 0.15) is 21.5 Å². The minimum atomic E-state index is -4.47. The van der Waals surface area contributed by atoms with Crippen molar-refractivity contribution in [3.63, 3.8) is 0 Å². The van der Waals surface area contributed by atoms with Gasteiger partial charge in [0.2, 0.25) is 0 Å². The average Bonchev–Trinajstić information content (AvgIpc) is 2.64. The number of carbonyl (C=O) groups excluding carboxylic acids is 1. The zero-order valence-corrected chi connectivity index (χ0v) is 14.3. The number of aryl methyl sites for hydroxylation is 1. The lowest BCUT2D eigenvalue weighted by Gasteiger charge is -2.12.